The Morgan fingerprint density at radius 3 is 2.82 bits per heavy atom. The first-order valence-electron chi connectivity index (χ1n) is 7.24. The normalized spacial score (nSPS) is 12.8. The number of nitrogens with one attached hydrogen (secondary N) is 2. The molecule has 1 aromatic heterocycles. The number of halogens is 1. The zero-order chi connectivity index (χ0) is 15.1. The molecule has 1 aromatic carbocycles. The Kier molecular flexibility index (Phi) is 8.26. The lowest BCUT2D eigenvalue weighted by atomic mass is 10.2. The first-order chi connectivity index (χ1) is 10.2. The van der Waals surface area contributed by atoms with Gasteiger partial charge in [0, 0.05) is 25.1 Å². The number of furan rings is 1. The molecule has 0 bridgehead atoms. The average molecular weight is 417 g/mol. The molecule has 2 rings (SSSR count). The first-order valence-corrected chi connectivity index (χ1v) is 7.24. The maximum absolute atomic E-state index is 5.76. The topological polar surface area (TPSA) is 58.8 Å². The van der Waals surface area contributed by atoms with Crippen molar-refractivity contribution in [1.29, 1.82) is 0 Å². The van der Waals surface area contributed by atoms with E-state index in [2.05, 4.69) is 22.5 Å². The molecule has 6 heteroatoms. The molecule has 0 saturated heterocycles. The van der Waals surface area contributed by atoms with E-state index in [-0.39, 0.29) is 30.0 Å². The Balaban J connectivity index is 0.00000242. The van der Waals surface area contributed by atoms with Gasteiger partial charge in [0.25, 0.3) is 0 Å². The van der Waals surface area contributed by atoms with Gasteiger partial charge in [0.15, 0.2) is 5.96 Å². The van der Waals surface area contributed by atoms with Crippen LogP contribution in [0.25, 0.3) is 11.0 Å². The van der Waals surface area contributed by atoms with Crippen LogP contribution in [0, 0.1) is 0 Å². The van der Waals surface area contributed by atoms with Crippen LogP contribution in [0.5, 0.6) is 0 Å². The monoisotopic (exact) mass is 417 g/mol. The third-order valence-electron chi connectivity index (χ3n) is 3.01. The molecule has 1 atom stereocenters. The maximum atomic E-state index is 5.76. The fourth-order valence-electron chi connectivity index (χ4n) is 2.12. The molecule has 5 nitrogen and oxygen atoms in total. The number of methoxy groups -OCH3 is 1. The maximum Gasteiger partial charge on any atom is 0.191 e. The zero-order valence-corrected chi connectivity index (χ0v) is 15.6. The smallest absolute Gasteiger partial charge is 0.191 e. The van der Waals surface area contributed by atoms with Gasteiger partial charge in [-0.1, -0.05) is 18.2 Å². The van der Waals surface area contributed by atoms with Crippen molar-refractivity contribution < 1.29 is 9.15 Å². The van der Waals surface area contributed by atoms with Gasteiger partial charge in [0.2, 0.25) is 0 Å². The molecule has 0 amide bonds. The third-order valence-corrected chi connectivity index (χ3v) is 3.01. The fraction of sp³-hybridized carbons (Fsp3) is 0.438. The van der Waals surface area contributed by atoms with Gasteiger partial charge in [-0.25, -0.2) is 4.99 Å². The minimum Gasteiger partial charge on any atom is -0.459 e. The lowest BCUT2D eigenvalue weighted by molar-refractivity contribution is 0.179. The predicted octanol–water partition coefficient (Wildman–Crippen LogP) is 3.14. The summed E-state index contributed by atoms with van der Waals surface area (Å²) in [4.78, 5) is 4.55. The van der Waals surface area contributed by atoms with Crippen molar-refractivity contribution in [3.8, 4) is 0 Å². The molecule has 0 fully saturated rings. The number of rotatable bonds is 6. The lowest BCUT2D eigenvalue weighted by Crippen LogP contribution is -2.43. The number of benzene rings is 1. The van der Waals surface area contributed by atoms with Crippen LogP contribution in [0.3, 0.4) is 0 Å². The molecule has 0 spiro atoms. The molecular formula is C16H24IN3O2. The van der Waals surface area contributed by atoms with E-state index >= 15 is 0 Å². The first kappa shape index (κ1) is 18.8. The Hall–Kier alpha value is -1.28. The van der Waals surface area contributed by atoms with Crippen LogP contribution in [-0.2, 0) is 11.3 Å². The standard InChI is InChI=1S/C16H23N3O2.HI/c1-4-17-16(19-12(2)11-20-3)18-10-14-9-13-7-5-6-8-15(13)21-14;/h5-9,12H,4,10-11H2,1-3H3,(H2,17,18,19);1H. The van der Waals surface area contributed by atoms with Gasteiger partial charge in [-0.2, -0.15) is 0 Å². The van der Waals surface area contributed by atoms with Crippen molar-refractivity contribution in [2.45, 2.75) is 26.4 Å². The van der Waals surface area contributed by atoms with Crippen molar-refractivity contribution in [2.75, 3.05) is 20.3 Å². The third kappa shape index (κ3) is 5.49. The molecule has 122 valence electrons. The second-order valence-corrected chi connectivity index (χ2v) is 4.95. The number of aliphatic imine (C=N–C) groups is 1. The Bertz CT molecular complexity index is 565. The summed E-state index contributed by atoms with van der Waals surface area (Å²) in [6.07, 6.45) is 0. The van der Waals surface area contributed by atoms with E-state index in [1.165, 1.54) is 0 Å². The van der Waals surface area contributed by atoms with Gasteiger partial charge in [-0.15, -0.1) is 24.0 Å². The molecule has 2 aromatic rings. The second-order valence-electron chi connectivity index (χ2n) is 4.95. The number of hydrogen-bond donors (Lipinski definition) is 2. The molecule has 2 N–H and O–H groups in total. The van der Waals surface area contributed by atoms with Gasteiger partial charge < -0.3 is 19.8 Å². The molecule has 0 radical (unpaired) electrons. The van der Waals surface area contributed by atoms with Crippen LogP contribution >= 0.6 is 24.0 Å². The van der Waals surface area contributed by atoms with E-state index < -0.39 is 0 Å². The van der Waals surface area contributed by atoms with E-state index in [1.54, 1.807) is 7.11 Å². The molecular weight excluding hydrogens is 393 g/mol. The largest absolute Gasteiger partial charge is 0.459 e. The van der Waals surface area contributed by atoms with Crippen molar-refractivity contribution in [1.82, 2.24) is 10.6 Å². The predicted molar refractivity (Wildman–Crippen MR) is 101 cm³/mol. The molecule has 0 saturated carbocycles. The van der Waals surface area contributed by atoms with Gasteiger partial charge in [0.1, 0.15) is 17.9 Å². The van der Waals surface area contributed by atoms with E-state index in [9.17, 15) is 0 Å². The summed E-state index contributed by atoms with van der Waals surface area (Å²) in [5.74, 6) is 1.62. The molecule has 1 heterocycles. The molecule has 1 unspecified atom stereocenters. The van der Waals surface area contributed by atoms with Crippen molar-refractivity contribution in [2.24, 2.45) is 4.99 Å². The number of para-hydroxylation sites is 1. The Morgan fingerprint density at radius 2 is 2.14 bits per heavy atom. The van der Waals surface area contributed by atoms with Gasteiger partial charge in [0.05, 0.1) is 6.61 Å². The molecule has 0 aliphatic rings. The highest BCUT2D eigenvalue weighted by molar-refractivity contribution is 14.0. The van der Waals surface area contributed by atoms with E-state index in [4.69, 9.17) is 9.15 Å². The molecule has 22 heavy (non-hydrogen) atoms. The highest BCUT2D eigenvalue weighted by atomic mass is 127. The Labute approximate surface area is 148 Å². The van der Waals surface area contributed by atoms with E-state index in [0.717, 1.165) is 29.2 Å². The van der Waals surface area contributed by atoms with Crippen LogP contribution < -0.4 is 10.6 Å². The molecule has 0 aliphatic heterocycles. The van der Waals surface area contributed by atoms with E-state index in [0.29, 0.717) is 13.2 Å². The second kappa shape index (κ2) is 9.68. The van der Waals surface area contributed by atoms with Crippen molar-refractivity contribution in [3.05, 3.63) is 36.1 Å². The Morgan fingerprint density at radius 1 is 1.36 bits per heavy atom. The van der Waals surface area contributed by atoms with Crippen LogP contribution in [0.1, 0.15) is 19.6 Å². The summed E-state index contributed by atoms with van der Waals surface area (Å²) >= 11 is 0. The summed E-state index contributed by atoms with van der Waals surface area (Å²) in [5.41, 5.74) is 0.897. The highest BCUT2D eigenvalue weighted by Crippen LogP contribution is 2.19. The van der Waals surface area contributed by atoms with Crippen LogP contribution in [0.4, 0.5) is 0 Å². The summed E-state index contributed by atoms with van der Waals surface area (Å²) in [6, 6.07) is 10.2. The van der Waals surface area contributed by atoms with Gasteiger partial charge >= 0.3 is 0 Å². The van der Waals surface area contributed by atoms with Gasteiger partial charge in [-0.3, -0.25) is 0 Å². The quantitative estimate of drug-likeness (QED) is 0.431. The SMILES string of the molecule is CCNC(=NCc1cc2ccccc2o1)NC(C)COC.I. The molecule has 0 aliphatic carbocycles. The number of ether oxygens (including phenoxy) is 1. The van der Waals surface area contributed by atoms with E-state index in [1.807, 2.05) is 37.3 Å². The van der Waals surface area contributed by atoms with Crippen LogP contribution in [-0.4, -0.2) is 32.3 Å². The fourth-order valence-corrected chi connectivity index (χ4v) is 2.12. The van der Waals surface area contributed by atoms with Crippen molar-refractivity contribution in [3.63, 3.8) is 0 Å². The zero-order valence-electron chi connectivity index (χ0n) is 13.3. The van der Waals surface area contributed by atoms with Crippen LogP contribution in [0.2, 0.25) is 0 Å². The van der Waals surface area contributed by atoms with Crippen molar-refractivity contribution >= 4 is 40.9 Å². The number of fused-ring (bicyclic) bond motifs is 1. The minimum atomic E-state index is 0. The summed E-state index contributed by atoms with van der Waals surface area (Å²) in [5, 5.41) is 7.62. The van der Waals surface area contributed by atoms with Crippen LogP contribution in [0.15, 0.2) is 39.7 Å². The lowest BCUT2D eigenvalue weighted by Gasteiger charge is -2.16. The average Bonchev–Trinajstić information content (AvgIpc) is 2.88. The van der Waals surface area contributed by atoms with Gasteiger partial charge in [-0.05, 0) is 26.0 Å². The number of guanidine groups is 1. The summed E-state index contributed by atoms with van der Waals surface area (Å²) in [6.45, 7) is 6.04. The minimum absolute atomic E-state index is 0. The number of nitrogens with zero attached hydrogens (tertiary/aromatic N) is 1. The summed E-state index contributed by atoms with van der Waals surface area (Å²) in [7, 11) is 1.69. The number of hydrogen-bond acceptors (Lipinski definition) is 3. The highest BCUT2D eigenvalue weighted by Gasteiger charge is 2.06. The summed E-state index contributed by atoms with van der Waals surface area (Å²) < 4.78 is 10.9.